The van der Waals surface area contributed by atoms with Gasteiger partial charge < -0.3 is 11.1 Å². The molecule has 2 unspecified atom stereocenters. The predicted molar refractivity (Wildman–Crippen MR) is 68.0 cm³/mol. The van der Waals surface area contributed by atoms with Gasteiger partial charge in [-0.1, -0.05) is 23.7 Å². The molecule has 2 atom stereocenters. The summed E-state index contributed by atoms with van der Waals surface area (Å²) in [5, 5.41) is 4.44. The largest absolute Gasteiger partial charge is 0.381 e. The van der Waals surface area contributed by atoms with Crippen molar-refractivity contribution in [3.05, 3.63) is 28.8 Å². The Morgan fingerprint density at radius 2 is 2.19 bits per heavy atom. The topological polar surface area (TPSA) is 38.0 Å². The lowest BCUT2D eigenvalue weighted by Crippen LogP contribution is -2.32. The van der Waals surface area contributed by atoms with Crippen LogP contribution >= 0.6 is 11.6 Å². The summed E-state index contributed by atoms with van der Waals surface area (Å²) in [4.78, 5) is 0. The number of fused-ring (bicyclic) bond motifs is 1. The minimum atomic E-state index is 0.473. The van der Waals surface area contributed by atoms with Crippen molar-refractivity contribution in [3.8, 4) is 0 Å². The molecule has 2 aliphatic rings. The van der Waals surface area contributed by atoms with Gasteiger partial charge in [-0.15, -0.1) is 0 Å². The van der Waals surface area contributed by atoms with Crippen LogP contribution < -0.4 is 11.1 Å². The third-order valence-electron chi connectivity index (χ3n) is 3.83. The smallest absolute Gasteiger partial charge is 0.0640 e. The van der Waals surface area contributed by atoms with Gasteiger partial charge in [-0.2, -0.15) is 0 Å². The molecule has 1 heterocycles. The maximum Gasteiger partial charge on any atom is 0.0640 e. The molecule has 1 aromatic carbocycles. The highest BCUT2D eigenvalue weighted by atomic mass is 35.5. The van der Waals surface area contributed by atoms with Gasteiger partial charge in [-0.05, 0) is 43.4 Å². The van der Waals surface area contributed by atoms with Crippen molar-refractivity contribution in [3.63, 3.8) is 0 Å². The van der Waals surface area contributed by atoms with Crippen LogP contribution in [0.2, 0.25) is 5.02 Å². The first kappa shape index (κ1) is 10.4. The van der Waals surface area contributed by atoms with E-state index in [-0.39, 0.29) is 0 Å². The summed E-state index contributed by atoms with van der Waals surface area (Å²) in [5.74, 6) is 1.32. The van der Waals surface area contributed by atoms with Crippen molar-refractivity contribution < 1.29 is 0 Å². The third kappa shape index (κ3) is 1.70. The summed E-state index contributed by atoms with van der Waals surface area (Å²) < 4.78 is 0. The van der Waals surface area contributed by atoms with Gasteiger partial charge in [0, 0.05) is 12.0 Å². The summed E-state index contributed by atoms with van der Waals surface area (Å²) in [5.41, 5.74) is 8.31. The van der Waals surface area contributed by atoms with Gasteiger partial charge in [0.1, 0.15) is 0 Å². The number of anilines is 1. The number of para-hydroxylation sites is 1. The molecule has 0 bridgehead atoms. The van der Waals surface area contributed by atoms with Gasteiger partial charge in [0.2, 0.25) is 0 Å². The van der Waals surface area contributed by atoms with E-state index < -0.39 is 0 Å². The molecule has 3 rings (SSSR count). The first-order valence-electron chi connectivity index (χ1n) is 6.04. The highest BCUT2D eigenvalue weighted by Gasteiger charge is 2.36. The van der Waals surface area contributed by atoms with Gasteiger partial charge in [0.15, 0.2) is 0 Å². The van der Waals surface area contributed by atoms with Crippen molar-refractivity contribution in [2.75, 3.05) is 11.9 Å². The van der Waals surface area contributed by atoms with Crippen LogP contribution in [0.15, 0.2) is 18.2 Å². The fourth-order valence-electron chi connectivity index (χ4n) is 2.74. The van der Waals surface area contributed by atoms with E-state index in [9.17, 15) is 0 Å². The summed E-state index contributed by atoms with van der Waals surface area (Å²) in [7, 11) is 0. The minimum Gasteiger partial charge on any atom is -0.381 e. The molecule has 2 nitrogen and oxygen atoms in total. The molecule has 1 saturated carbocycles. The second kappa shape index (κ2) is 3.94. The van der Waals surface area contributed by atoms with Crippen LogP contribution in [0.3, 0.4) is 0 Å². The monoisotopic (exact) mass is 236 g/mol. The van der Waals surface area contributed by atoms with Crippen LogP contribution in [0.1, 0.15) is 30.7 Å². The lowest BCUT2D eigenvalue weighted by Gasteiger charge is -2.33. The SMILES string of the molecule is NCC1CC(C2CC2)Nc2c(Cl)cccc21. The van der Waals surface area contributed by atoms with Crippen LogP contribution in [-0.2, 0) is 0 Å². The zero-order chi connectivity index (χ0) is 11.1. The number of hydrogen-bond acceptors (Lipinski definition) is 2. The van der Waals surface area contributed by atoms with E-state index in [1.54, 1.807) is 0 Å². The average molecular weight is 237 g/mol. The first-order valence-corrected chi connectivity index (χ1v) is 6.42. The predicted octanol–water partition coefficient (Wildman–Crippen LogP) is 2.98. The van der Waals surface area contributed by atoms with Gasteiger partial charge in [-0.25, -0.2) is 0 Å². The number of rotatable bonds is 2. The second-order valence-corrected chi connectivity index (χ2v) is 5.37. The molecule has 1 fully saturated rings. The zero-order valence-corrected chi connectivity index (χ0v) is 10.0. The van der Waals surface area contributed by atoms with Crippen molar-refractivity contribution in [1.82, 2.24) is 0 Å². The summed E-state index contributed by atoms with van der Waals surface area (Å²) >= 11 is 6.25. The van der Waals surface area contributed by atoms with Crippen molar-refractivity contribution >= 4 is 17.3 Å². The van der Waals surface area contributed by atoms with E-state index in [4.69, 9.17) is 17.3 Å². The number of hydrogen-bond donors (Lipinski definition) is 2. The quantitative estimate of drug-likeness (QED) is 0.829. The van der Waals surface area contributed by atoms with E-state index in [0.29, 0.717) is 12.0 Å². The number of nitrogens with one attached hydrogen (secondary N) is 1. The molecular weight excluding hydrogens is 220 g/mol. The minimum absolute atomic E-state index is 0.473. The Morgan fingerprint density at radius 1 is 1.38 bits per heavy atom. The molecule has 0 aromatic heterocycles. The molecule has 1 aliphatic carbocycles. The Hall–Kier alpha value is -0.730. The summed E-state index contributed by atoms with van der Waals surface area (Å²) in [6.07, 6.45) is 3.87. The number of benzene rings is 1. The van der Waals surface area contributed by atoms with Gasteiger partial charge in [0.05, 0.1) is 10.7 Å². The Bertz CT molecular complexity index is 401. The summed E-state index contributed by atoms with van der Waals surface area (Å²) in [6.45, 7) is 0.720. The molecule has 0 amide bonds. The van der Waals surface area contributed by atoms with E-state index in [1.165, 1.54) is 18.4 Å². The van der Waals surface area contributed by atoms with Gasteiger partial charge >= 0.3 is 0 Å². The standard InChI is InChI=1S/C13H17ClN2/c14-11-3-1-2-10-9(7-15)6-12(8-4-5-8)16-13(10)11/h1-3,8-9,12,16H,4-7,15H2. The molecule has 1 aromatic rings. The molecule has 0 saturated heterocycles. The maximum absolute atomic E-state index is 6.25. The van der Waals surface area contributed by atoms with Crippen LogP contribution in [0, 0.1) is 5.92 Å². The molecule has 86 valence electrons. The first-order chi connectivity index (χ1) is 7.79. The Balaban J connectivity index is 1.97. The van der Waals surface area contributed by atoms with E-state index in [2.05, 4.69) is 11.4 Å². The molecule has 0 spiro atoms. The van der Waals surface area contributed by atoms with Crippen molar-refractivity contribution in [2.45, 2.75) is 31.2 Å². The average Bonchev–Trinajstić information content (AvgIpc) is 3.12. The number of nitrogens with two attached hydrogens (primary N) is 1. The molecule has 3 heteroatoms. The third-order valence-corrected chi connectivity index (χ3v) is 4.14. The highest BCUT2D eigenvalue weighted by molar-refractivity contribution is 6.33. The van der Waals surface area contributed by atoms with Crippen molar-refractivity contribution in [1.29, 1.82) is 0 Å². The molecular formula is C13H17ClN2. The molecule has 3 N–H and O–H groups in total. The van der Waals surface area contributed by atoms with Gasteiger partial charge in [0.25, 0.3) is 0 Å². The van der Waals surface area contributed by atoms with Crippen LogP contribution in [0.25, 0.3) is 0 Å². The van der Waals surface area contributed by atoms with E-state index >= 15 is 0 Å². The maximum atomic E-state index is 6.25. The fourth-order valence-corrected chi connectivity index (χ4v) is 2.98. The second-order valence-electron chi connectivity index (χ2n) is 4.96. The Labute approximate surface area is 101 Å². The molecule has 0 radical (unpaired) electrons. The van der Waals surface area contributed by atoms with Crippen LogP contribution in [0.5, 0.6) is 0 Å². The van der Waals surface area contributed by atoms with Crippen LogP contribution in [-0.4, -0.2) is 12.6 Å². The zero-order valence-electron chi connectivity index (χ0n) is 9.25. The summed E-state index contributed by atoms with van der Waals surface area (Å²) in [6, 6.07) is 6.70. The fraction of sp³-hybridized carbons (Fsp3) is 0.538. The van der Waals surface area contributed by atoms with Crippen molar-refractivity contribution in [2.24, 2.45) is 11.7 Å². The van der Waals surface area contributed by atoms with Gasteiger partial charge in [-0.3, -0.25) is 0 Å². The van der Waals surface area contributed by atoms with E-state index in [1.807, 2.05) is 12.1 Å². The van der Waals surface area contributed by atoms with E-state index in [0.717, 1.165) is 29.6 Å². The lowest BCUT2D eigenvalue weighted by atomic mass is 9.85. The molecule has 16 heavy (non-hydrogen) atoms. The Morgan fingerprint density at radius 3 is 2.88 bits per heavy atom. The normalized spacial score (nSPS) is 28.4. The van der Waals surface area contributed by atoms with Crippen LogP contribution in [0.4, 0.5) is 5.69 Å². The molecule has 1 aliphatic heterocycles. The highest BCUT2D eigenvalue weighted by Crippen LogP contribution is 2.45. The number of halogens is 1. The lowest BCUT2D eigenvalue weighted by molar-refractivity contribution is 0.497. The Kier molecular flexibility index (Phi) is 2.56.